The van der Waals surface area contributed by atoms with Crippen LogP contribution in [0.2, 0.25) is 5.02 Å². The third-order valence-corrected chi connectivity index (χ3v) is 2.45. The molecular weight excluding hydrogens is 208 g/mol. The molecule has 0 saturated heterocycles. The summed E-state index contributed by atoms with van der Waals surface area (Å²) in [6.45, 7) is 0. The topological polar surface area (TPSA) is 52.0 Å². The van der Waals surface area contributed by atoms with Crippen LogP contribution in [0.25, 0.3) is 11.1 Å². The minimum atomic E-state index is 0.689. The lowest BCUT2D eigenvalue weighted by molar-refractivity contribution is 1.60. The summed E-state index contributed by atoms with van der Waals surface area (Å²) in [5, 5.41) is 0.689. The van der Waals surface area contributed by atoms with Crippen LogP contribution in [0.5, 0.6) is 0 Å². The van der Waals surface area contributed by atoms with E-state index in [2.05, 4.69) is 0 Å². The minimum absolute atomic E-state index is 0.689. The van der Waals surface area contributed by atoms with Crippen molar-refractivity contribution in [1.29, 1.82) is 0 Å². The molecular formula is C12H11ClN2. The zero-order valence-corrected chi connectivity index (χ0v) is 8.83. The van der Waals surface area contributed by atoms with E-state index in [4.69, 9.17) is 23.1 Å². The van der Waals surface area contributed by atoms with Crippen LogP contribution in [0.15, 0.2) is 42.5 Å². The summed E-state index contributed by atoms with van der Waals surface area (Å²) in [7, 11) is 0. The van der Waals surface area contributed by atoms with Gasteiger partial charge in [0.05, 0.1) is 0 Å². The van der Waals surface area contributed by atoms with Crippen molar-refractivity contribution in [3.8, 4) is 11.1 Å². The van der Waals surface area contributed by atoms with Crippen molar-refractivity contribution in [2.24, 2.45) is 0 Å². The van der Waals surface area contributed by atoms with Crippen molar-refractivity contribution in [2.75, 3.05) is 11.5 Å². The molecule has 76 valence electrons. The van der Waals surface area contributed by atoms with Crippen LogP contribution in [0.1, 0.15) is 0 Å². The zero-order valence-electron chi connectivity index (χ0n) is 8.07. The van der Waals surface area contributed by atoms with E-state index >= 15 is 0 Å². The maximum Gasteiger partial charge on any atom is 0.0412 e. The van der Waals surface area contributed by atoms with E-state index in [-0.39, 0.29) is 0 Å². The Morgan fingerprint density at radius 3 is 2.47 bits per heavy atom. The number of nitrogens with two attached hydrogens (primary N) is 2. The molecule has 0 radical (unpaired) electrons. The Bertz CT molecular complexity index is 495. The first-order valence-electron chi connectivity index (χ1n) is 4.58. The number of rotatable bonds is 1. The lowest BCUT2D eigenvalue weighted by Gasteiger charge is -2.07. The molecule has 2 nitrogen and oxygen atoms in total. The van der Waals surface area contributed by atoms with E-state index in [1.54, 1.807) is 12.1 Å². The molecule has 0 bridgehead atoms. The molecule has 3 heteroatoms. The highest BCUT2D eigenvalue weighted by Crippen LogP contribution is 2.29. The van der Waals surface area contributed by atoms with Gasteiger partial charge in [0.15, 0.2) is 0 Å². The van der Waals surface area contributed by atoms with Crippen molar-refractivity contribution >= 4 is 23.0 Å². The van der Waals surface area contributed by atoms with Gasteiger partial charge in [-0.15, -0.1) is 0 Å². The maximum absolute atomic E-state index is 5.91. The lowest BCUT2D eigenvalue weighted by Crippen LogP contribution is -1.92. The van der Waals surface area contributed by atoms with Crippen LogP contribution in [0, 0.1) is 0 Å². The van der Waals surface area contributed by atoms with Crippen LogP contribution in [0.4, 0.5) is 11.4 Å². The molecule has 0 aliphatic carbocycles. The summed E-state index contributed by atoms with van der Waals surface area (Å²) in [6, 6.07) is 13.0. The highest BCUT2D eigenvalue weighted by atomic mass is 35.5. The normalized spacial score (nSPS) is 10.2. The Morgan fingerprint density at radius 2 is 1.73 bits per heavy atom. The monoisotopic (exact) mass is 218 g/mol. The highest BCUT2D eigenvalue weighted by Gasteiger charge is 2.03. The Kier molecular flexibility index (Phi) is 2.52. The number of benzene rings is 2. The molecule has 0 heterocycles. The number of hydrogen-bond acceptors (Lipinski definition) is 2. The smallest absolute Gasteiger partial charge is 0.0412 e. The van der Waals surface area contributed by atoms with Gasteiger partial charge < -0.3 is 11.5 Å². The number of nitrogen functional groups attached to an aromatic ring is 2. The number of anilines is 2. The molecule has 4 N–H and O–H groups in total. The summed E-state index contributed by atoms with van der Waals surface area (Å²) in [6.07, 6.45) is 0. The lowest BCUT2D eigenvalue weighted by atomic mass is 10.0. The first-order chi connectivity index (χ1) is 7.16. The van der Waals surface area contributed by atoms with E-state index in [1.165, 1.54) is 0 Å². The van der Waals surface area contributed by atoms with E-state index in [0.717, 1.165) is 11.1 Å². The quantitative estimate of drug-likeness (QED) is 0.723. The Hall–Kier alpha value is -1.67. The van der Waals surface area contributed by atoms with Gasteiger partial charge in [-0.3, -0.25) is 0 Å². The summed E-state index contributed by atoms with van der Waals surface area (Å²) in [4.78, 5) is 0. The first-order valence-corrected chi connectivity index (χ1v) is 4.95. The molecule has 0 atom stereocenters. The van der Waals surface area contributed by atoms with Gasteiger partial charge in [0, 0.05) is 22.0 Å². The molecule has 0 unspecified atom stereocenters. The minimum Gasteiger partial charge on any atom is -0.399 e. The third-order valence-electron chi connectivity index (χ3n) is 2.21. The van der Waals surface area contributed by atoms with Crippen molar-refractivity contribution in [2.45, 2.75) is 0 Å². The first kappa shape index (κ1) is 9.87. The Balaban J connectivity index is 2.58. The molecule has 2 rings (SSSR count). The standard InChI is InChI=1S/C12H11ClN2/c13-9-3-1-2-8(6-9)11-7-10(14)4-5-12(11)15/h1-7H,14-15H2. The average Bonchev–Trinajstić information content (AvgIpc) is 2.22. The fourth-order valence-corrected chi connectivity index (χ4v) is 1.67. The van der Waals surface area contributed by atoms with Gasteiger partial charge in [-0.05, 0) is 35.9 Å². The van der Waals surface area contributed by atoms with Gasteiger partial charge in [0.2, 0.25) is 0 Å². The fraction of sp³-hybridized carbons (Fsp3) is 0. The molecule has 2 aromatic rings. The van der Waals surface area contributed by atoms with Crippen LogP contribution in [-0.4, -0.2) is 0 Å². The largest absolute Gasteiger partial charge is 0.399 e. The van der Waals surface area contributed by atoms with Crippen molar-refractivity contribution in [3.63, 3.8) is 0 Å². The number of halogens is 1. The molecule has 0 spiro atoms. The zero-order chi connectivity index (χ0) is 10.8. The van der Waals surface area contributed by atoms with E-state index in [0.29, 0.717) is 16.4 Å². The van der Waals surface area contributed by atoms with Gasteiger partial charge in [-0.2, -0.15) is 0 Å². The molecule has 2 aromatic carbocycles. The summed E-state index contributed by atoms with van der Waals surface area (Å²) in [5.74, 6) is 0. The van der Waals surface area contributed by atoms with Crippen molar-refractivity contribution in [1.82, 2.24) is 0 Å². The van der Waals surface area contributed by atoms with Crippen LogP contribution in [0.3, 0.4) is 0 Å². The highest BCUT2D eigenvalue weighted by molar-refractivity contribution is 6.30. The molecule has 0 saturated carbocycles. The second-order valence-electron chi connectivity index (χ2n) is 3.36. The Labute approximate surface area is 93.5 Å². The van der Waals surface area contributed by atoms with E-state index < -0.39 is 0 Å². The predicted octanol–water partition coefficient (Wildman–Crippen LogP) is 3.17. The molecule has 0 aliphatic heterocycles. The van der Waals surface area contributed by atoms with Gasteiger partial charge in [0.25, 0.3) is 0 Å². The SMILES string of the molecule is Nc1ccc(N)c(-c2cccc(Cl)c2)c1. The molecule has 0 aliphatic rings. The summed E-state index contributed by atoms with van der Waals surface area (Å²) in [5.41, 5.74) is 14.9. The maximum atomic E-state index is 5.91. The summed E-state index contributed by atoms with van der Waals surface area (Å²) >= 11 is 5.91. The molecule has 15 heavy (non-hydrogen) atoms. The third kappa shape index (κ3) is 2.05. The Morgan fingerprint density at radius 1 is 0.933 bits per heavy atom. The van der Waals surface area contributed by atoms with Crippen LogP contribution < -0.4 is 11.5 Å². The van der Waals surface area contributed by atoms with Gasteiger partial charge in [-0.1, -0.05) is 23.7 Å². The van der Waals surface area contributed by atoms with Gasteiger partial charge in [0.1, 0.15) is 0 Å². The number of hydrogen-bond donors (Lipinski definition) is 2. The fourth-order valence-electron chi connectivity index (χ4n) is 1.48. The molecule has 0 fully saturated rings. The summed E-state index contributed by atoms with van der Waals surface area (Å²) < 4.78 is 0. The molecule has 0 amide bonds. The second kappa shape index (κ2) is 3.83. The molecule has 0 aromatic heterocycles. The van der Waals surface area contributed by atoms with E-state index in [9.17, 15) is 0 Å². The van der Waals surface area contributed by atoms with Crippen LogP contribution in [-0.2, 0) is 0 Å². The van der Waals surface area contributed by atoms with Gasteiger partial charge >= 0.3 is 0 Å². The predicted molar refractivity (Wildman–Crippen MR) is 65.7 cm³/mol. The average molecular weight is 219 g/mol. The van der Waals surface area contributed by atoms with Crippen LogP contribution >= 0.6 is 11.6 Å². The van der Waals surface area contributed by atoms with Gasteiger partial charge in [-0.25, -0.2) is 0 Å². The van der Waals surface area contributed by atoms with Crippen molar-refractivity contribution in [3.05, 3.63) is 47.5 Å². The van der Waals surface area contributed by atoms with Crippen molar-refractivity contribution < 1.29 is 0 Å². The second-order valence-corrected chi connectivity index (χ2v) is 3.79. The van der Waals surface area contributed by atoms with E-state index in [1.807, 2.05) is 30.3 Å².